The molecular formula is C12H14O. The average Bonchev–Trinajstić information content (AvgIpc) is 2.95. The number of methoxy groups -OCH3 is 1. The third-order valence-corrected chi connectivity index (χ3v) is 2.53. The highest BCUT2D eigenvalue weighted by Crippen LogP contribution is 2.48. The highest BCUT2D eigenvalue weighted by Gasteiger charge is 2.35. The van der Waals surface area contributed by atoms with Crippen LogP contribution in [-0.4, -0.2) is 7.11 Å². The zero-order valence-electron chi connectivity index (χ0n) is 7.81. The maximum Gasteiger partial charge on any atom is 0.0787 e. The molecule has 2 atom stereocenters. The van der Waals surface area contributed by atoms with Crippen LogP contribution in [0.25, 0.3) is 0 Å². The Bertz CT molecular complexity index is 289. The minimum absolute atomic E-state index is 0.697. The van der Waals surface area contributed by atoms with Gasteiger partial charge in [0.1, 0.15) is 0 Å². The van der Waals surface area contributed by atoms with Crippen molar-refractivity contribution in [1.82, 2.24) is 0 Å². The van der Waals surface area contributed by atoms with Crippen molar-refractivity contribution < 1.29 is 4.74 Å². The predicted molar refractivity (Wildman–Crippen MR) is 53.4 cm³/mol. The first-order valence-corrected chi connectivity index (χ1v) is 4.66. The number of ether oxygens (including phenoxy) is 1. The van der Waals surface area contributed by atoms with Gasteiger partial charge in [-0.25, -0.2) is 0 Å². The van der Waals surface area contributed by atoms with Crippen LogP contribution in [0.3, 0.4) is 0 Å². The summed E-state index contributed by atoms with van der Waals surface area (Å²) in [6.45, 7) is 0. The third kappa shape index (κ3) is 1.92. The van der Waals surface area contributed by atoms with Crippen molar-refractivity contribution in [3.8, 4) is 0 Å². The molecule has 1 aromatic rings. The summed E-state index contributed by atoms with van der Waals surface area (Å²) in [5, 5.41) is 0. The Morgan fingerprint density at radius 2 is 2.08 bits per heavy atom. The van der Waals surface area contributed by atoms with E-state index in [4.69, 9.17) is 4.74 Å². The quantitative estimate of drug-likeness (QED) is 0.640. The van der Waals surface area contributed by atoms with E-state index in [9.17, 15) is 0 Å². The predicted octanol–water partition coefficient (Wildman–Crippen LogP) is 2.95. The van der Waals surface area contributed by atoms with Crippen LogP contribution in [0, 0.1) is 5.92 Å². The van der Waals surface area contributed by atoms with Crippen molar-refractivity contribution in [2.75, 3.05) is 7.11 Å². The molecule has 1 aliphatic carbocycles. The van der Waals surface area contributed by atoms with Crippen LogP contribution in [0.5, 0.6) is 0 Å². The standard InChI is InChI=1S/C12H14O/c1-13-8-7-11-9-12(11)10-5-3-2-4-6-10/h2-8,11-12H,9H2,1H3/b8-7+. The Morgan fingerprint density at radius 1 is 1.31 bits per heavy atom. The molecule has 1 aliphatic rings. The maximum atomic E-state index is 4.90. The molecule has 0 aromatic heterocycles. The van der Waals surface area contributed by atoms with E-state index in [-0.39, 0.29) is 0 Å². The van der Waals surface area contributed by atoms with E-state index in [0.29, 0.717) is 5.92 Å². The van der Waals surface area contributed by atoms with Crippen LogP contribution in [-0.2, 0) is 4.74 Å². The smallest absolute Gasteiger partial charge is 0.0787 e. The topological polar surface area (TPSA) is 9.23 Å². The molecule has 0 aliphatic heterocycles. The van der Waals surface area contributed by atoms with Gasteiger partial charge in [0.25, 0.3) is 0 Å². The molecule has 13 heavy (non-hydrogen) atoms. The fourth-order valence-corrected chi connectivity index (χ4v) is 1.69. The summed E-state index contributed by atoms with van der Waals surface area (Å²) in [7, 11) is 1.69. The van der Waals surface area contributed by atoms with Crippen molar-refractivity contribution in [2.45, 2.75) is 12.3 Å². The minimum atomic E-state index is 0.697. The van der Waals surface area contributed by atoms with Gasteiger partial charge < -0.3 is 4.74 Å². The summed E-state index contributed by atoms with van der Waals surface area (Å²) in [6, 6.07) is 10.7. The van der Waals surface area contributed by atoms with Crippen molar-refractivity contribution in [1.29, 1.82) is 0 Å². The molecule has 1 nitrogen and oxygen atoms in total. The van der Waals surface area contributed by atoms with E-state index in [1.165, 1.54) is 12.0 Å². The van der Waals surface area contributed by atoms with Crippen molar-refractivity contribution in [2.24, 2.45) is 5.92 Å². The van der Waals surface area contributed by atoms with Crippen molar-refractivity contribution >= 4 is 0 Å². The van der Waals surface area contributed by atoms with Gasteiger partial charge in [0.05, 0.1) is 13.4 Å². The second-order valence-corrected chi connectivity index (χ2v) is 3.48. The van der Waals surface area contributed by atoms with E-state index in [0.717, 1.165) is 5.92 Å². The van der Waals surface area contributed by atoms with Gasteiger partial charge >= 0.3 is 0 Å². The number of benzene rings is 1. The fourth-order valence-electron chi connectivity index (χ4n) is 1.69. The zero-order chi connectivity index (χ0) is 9.10. The van der Waals surface area contributed by atoms with Crippen molar-refractivity contribution in [3.05, 3.63) is 48.2 Å². The molecule has 2 rings (SSSR count). The molecule has 0 radical (unpaired) electrons. The first kappa shape index (κ1) is 8.36. The van der Waals surface area contributed by atoms with Gasteiger partial charge in [-0.05, 0) is 29.9 Å². The van der Waals surface area contributed by atoms with Gasteiger partial charge in [-0.3, -0.25) is 0 Å². The number of hydrogen-bond donors (Lipinski definition) is 0. The summed E-state index contributed by atoms with van der Waals surface area (Å²) >= 11 is 0. The number of rotatable bonds is 3. The summed E-state index contributed by atoms with van der Waals surface area (Å²) in [6.07, 6.45) is 5.20. The maximum absolute atomic E-state index is 4.90. The Morgan fingerprint density at radius 3 is 2.77 bits per heavy atom. The molecule has 1 fully saturated rings. The Hall–Kier alpha value is -1.24. The Labute approximate surface area is 79.0 Å². The summed E-state index contributed by atoms with van der Waals surface area (Å²) in [5.41, 5.74) is 1.45. The molecule has 0 bridgehead atoms. The minimum Gasteiger partial charge on any atom is -0.505 e. The lowest BCUT2D eigenvalue weighted by Gasteiger charge is -1.95. The molecule has 0 spiro atoms. The molecule has 68 valence electrons. The lowest BCUT2D eigenvalue weighted by molar-refractivity contribution is 0.336. The summed E-state index contributed by atoms with van der Waals surface area (Å²) in [5.74, 6) is 1.43. The molecular weight excluding hydrogens is 160 g/mol. The highest BCUT2D eigenvalue weighted by molar-refractivity contribution is 5.27. The van der Waals surface area contributed by atoms with Gasteiger partial charge in [-0.15, -0.1) is 0 Å². The van der Waals surface area contributed by atoms with Crippen LogP contribution < -0.4 is 0 Å². The van der Waals surface area contributed by atoms with Crippen LogP contribution >= 0.6 is 0 Å². The van der Waals surface area contributed by atoms with E-state index in [1.807, 2.05) is 0 Å². The Balaban J connectivity index is 1.97. The Kier molecular flexibility index (Phi) is 2.35. The lowest BCUT2D eigenvalue weighted by atomic mass is 10.1. The monoisotopic (exact) mass is 174 g/mol. The fraction of sp³-hybridized carbons (Fsp3) is 0.333. The molecule has 1 aromatic carbocycles. The van der Waals surface area contributed by atoms with Crippen LogP contribution in [0.2, 0.25) is 0 Å². The van der Waals surface area contributed by atoms with Crippen LogP contribution in [0.15, 0.2) is 42.7 Å². The molecule has 2 unspecified atom stereocenters. The molecule has 0 saturated heterocycles. The van der Waals surface area contributed by atoms with E-state index >= 15 is 0 Å². The number of hydrogen-bond acceptors (Lipinski definition) is 1. The lowest BCUT2D eigenvalue weighted by Crippen LogP contribution is -1.79. The van der Waals surface area contributed by atoms with Gasteiger partial charge in [-0.2, -0.15) is 0 Å². The SMILES string of the molecule is CO/C=C/C1CC1c1ccccc1. The average molecular weight is 174 g/mol. The highest BCUT2D eigenvalue weighted by atomic mass is 16.5. The summed E-state index contributed by atoms with van der Waals surface area (Å²) < 4.78 is 4.90. The second-order valence-electron chi connectivity index (χ2n) is 3.48. The van der Waals surface area contributed by atoms with E-state index in [2.05, 4.69) is 36.4 Å². The molecule has 0 heterocycles. The molecule has 1 saturated carbocycles. The van der Waals surface area contributed by atoms with Gasteiger partial charge in [-0.1, -0.05) is 30.3 Å². The summed E-state index contributed by atoms with van der Waals surface area (Å²) in [4.78, 5) is 0. The van der Waals surface area contributed by atoms with Crippen molar-refractivity contribution in [3.63, 3.8) is 0 Å². The van der Waals surface area contributed by atoms with Crippen LogP contribution in [0.1, 0.15) is 17.9 Å². The van der Waals surface area contributed by atoms with Gasteiger partial charge in [0.2, 0.25) is 0 Å². The normalized spacial score (nSPS) is 26.2. The van der Waals surface area contributed by atoms with E-state index < -0.39 is 0 Å². The molecule has 1 heteroatoms. The zero-order valence-corrected chi connectivity index (χ0v) is 7.81. The first-order valence-electron chi connectivity index (χ1n) is 4.66. The third-order valence-electron chi connectivity index (χ3n) is 2.53. The van der Waals surface area contributed by atoms with Gasteiger partial charge in [0, 0.05) is 0 Å². The van der Waals surface area contributed by atoms with E-state index in [1.54, 1.807) is 13.4 Å². The second kappa shape index (κ2) is 3.65. The first-order chi connectivity index (χ1) is 6.42. The molecule has 0 N–H and O–H groups in total. The molecule has 0 amide bonds. The largest absolute Gasteiger partial charge is 0.505 e. The number of allylic oxidation sites excluding steroid dienone is 1. The van der Waals surface area contributed by atoms with Gasteiger partial charge in [0.15, 0.2) is 0 Å². The van der Waals surface area contributed by atoms with Crippen LogP contribution in [0.4, 0.5) is 0 Å².